The summed E-state index contributed by atoms with van der Waals surface area (Å²) in [5.74, 6) is 0.808. The van der Waals surface area contributed by atoms with Gasteiger partial charge in [-0.25, -0.2) is 14.4 Å². The lowest BCUT2D eigenvalue weighted by molar-refractivity contribution is 0.151. The second kappa shape index (κ2) is 7.18. The largest absolute Gasteiger partial charge is 0.483 e. The van der Waals surface area contributed by atoms with E-state index in [-0.39, 0.29) is 18.3 Å². The van der Waals surface area contributed by atoms with Crippen LogP contribution in [0.4, 0.5) is 10.2 Å². The molecule has 29 heavy (non-hydrogen) atoms. The molecule has 1 aliphatic rings. The molecule has 2 unspecified atom stereocenters. The van der Waals surface area contributed by atoms with Crippen molar-refractivity contribution in [2.45, 2.75) is 18.6 Å². The molecule has 0 bridgehead atoms. The van der Waals surface area contributed by atoms with E-state index in [1.165, 1.54) is 6.07 Å². The van der Waals surface area contributed by atoms with Crippen LogP contribution in [0, 0.1) is 5.82 Å². The van der Waals surface area contributed by atoms with Gasteiger partial charge in [0.1, 0.15) is 18.2 Å². The van der Waals surface area contributed by atoms with Gasteiger partial charge in [0.05, 0.1) is 17.1 Å². The molecule has 3 N–H and O–H groups in total. The molecule has 0 fully saturated rings. The first-order valence-corrected chi connectivity index (χ1v) is 9.42. The number of aliphatic hydroxyl groups is 1. The first kappa shape index (κ1) is 17.6. The van der Waals surface area contributed by atoms with Crippen LogP contribution < -0.4 is 10.1 Å². The van der Waals surface area contributed by atoms with Crippen LogP contribution in [-0.2, 0) is 6.61 Å². The van der Waals surface area contributed by atoms with E-state index in [1.807, 2.05) is 36.4 Å². The van der Waals surface area contributed by atoms with Gasteiger partial charge in [0.2, 0.25) is 0 Å². The van der Waals surface area contributed by atoms with Crippen LogP contribution >= 0.6 is 0 Å². The second-order valence-corrected chi connectivity index (χ2v) is 7.05. The number of hydrogen-bond acceptors (Lipinski definition) is 5. The van der Waals surface area contributed by atoms with Crippen LogP contribution in [0.5, 0.6) is 5.75 Å². The normalized spacial score (nSPS) is 16.4. The second-order valence-electron chi connectivity index (χ2n) is 7.05. The highest BCUT2D eigenvalue weighted by atomic mass is 19.1. The summed E-state index contributed by atoms with van der Waals surface area (Å²) in [6.45, 7) is 0.679. The fraction of sp³-hybridized carbons (Fsp3) is 0.182. The van der Waals surface area contributed by atoms with Crippen molar-refractivity contribution in [3.05, 3.63) is 83.6 Å². The summed E-state index contributed by atoms with van der Waals surface area (Å²) in [6.07, 6.45) is 0.862. The number of aromatic nitrogens is 3. The van der Waals surface area contributed by atoms with Crippen LogP contribution in [0.25, 0.3) is 11.0 Å². The van der Waals surface area contributed by atoms with Crippen LogP contribution in [0.1, 0.15) is 29.0 Å². The Hall–Kier alpha value is -3.45. The number of pyridine rings is 1. The van der Waals surface area contributed by atoms with Gasteiger partial charge in [0, 0.05) is 24.2 Å². The van der Waals surface area contributed by atoms with Crippen LogP contribution in [0.3, 0.4) is 0 Å². The maximum Gasteiger partial charge on any atom is 0.165 e. The lowest BCUT2D eigenvalue weighted by atomic mass is 9.91. The number of nitrogens with one attached hydrogen (secondary N) is 2. The molecule has 0 amide bonds. The monoisotopic (exact) mass is 390 g/mol. The Morgan fingerprint density at radius 1 is 1.17 bits per heavy atom. The summed E-state index contributed by atoms with van der Waals surface area (Å²) in [4.78, 5) is 11.8. The third kappa shape index (κ3) is 3.30. The first-order valence-electron chi connectivity index (χ1n) is 9.42. The van der Waals surface area contributed by atoms with E-state index in [0.717, 1.165) is 22.4 Å². The topological polar surface area (TPSA) is 83.1 Å². The summed E-state index contributed by atoms with van der Waals surface area (Å²) in [5.41, 5.74) is 3.18. The van der Waals surface area contributed by atoms with Crippen molar-refractivity contribution in [2.75, 3.05) is 11.9 Å². The number of anilines is 1. The molecule has 0 saturated carbocycles. The number of benzene rings is 2. The molecule has 1 aliphatic heterocycles. The fourth-order valence-electron chi connectivity index (χ4n) is 3.73. The number of hydrogen-bond donors (Lipinski definition) is 3. The Morgan fingerprint density at radius 2 is 2.07 bits per heavy atom. The molecule has 3 heterocycles. The minimum Gasteiger partial charge on any atom is -0.483 e. The van der Waals surface area contributed by atoms with Gasteiger partial charge in [0.15, 0.2) is 11.6 Å². The van der Waals surface area contributed by atoms with Gasteiger partial charge < -0.3 is 20.1 Å². The predicted molar refractivity (Wildman–Crippen MR) is 107 cm³/mol. The van der Waals surface area contributed by atoms with Crippen molar-refractivity contribution in [1.29, 1.82) is 0 Å². The van der Waals surface area contributed by atoms with Crippen LogP contribution in [0.15, 0.2) is 60.8 Å². The van der Waals surface area contributed by atoms with Crippen LogP contribution in [-0.4, -0.2) is 26.6 Å². The van der Waals surface area contributed by atoms with E-state index in [1.54, 1.807) is 18.3 Å². The number of halogens is 1. The molecule has 146 valence electrons. The van der Waals surface area contributed by atoms with E-state index in [0.29, 0.717) is 17.9 Å². The minimum atomic E-state index is -0.841. The van der Waals surface area contributed by atoms with Crippen molar-refractivity contribution in [3.8, 4) is 5.75 Å². The number of H-pyrrole nitrogens is 1. The molecular weight excluding hydrogens is 371 g/mol. The Morgan fingerprint density at radius 3 is 2.93 bits per heavy atom. The molecule has 0 saturated heterocycles. The van der Waals surface area contributed by atoms with Crippen molar-refractivity contribution in [1.82, 2.24) is 15.0 Å². The highest BCUT2D eigenvalue weighted by Crippen LogP contribution is 2.39. The number of ether oxygens (including phenoxy) is 1. The molecule has 2 aromatic carbocycles. The molecule has 0 spiro atoms. The summed E-state index contributed by atoms with van der Waals surface area (Å²) in [5, 5.41) is 14.0. The lowest BCUT2D eigenvalue weighted by Crippen LogP contribution is -2.13. The van der Waals surface area contributed by atoms with Crippen molar-refractivity contribution < 1.29 is 14.2 Å². The van der Waals surface area contributed by atoms with E-state index in [9.17, 15) is 9.50 Å². The predicted octanol–water partition coefficient (Wildman–Crippen LogP) is 3.92. The van der Waals surface area contributed by atoms with Gasteiger partial charge in [0.25, 0.3) is 0 Å². The van der Waals surface area contributed by atoms with Gasteiger partial charge in [-0.1, -0.05) is 24.3 Å². The van der Waals surface area contributed by atoms with Gasteiger partial charge in [-0.15, -0.1) is 0 Å². The number of rotatable bonds is 5. The van der Waals surface area contributed by atoms with E-state index < -0.39 is 11.9 Å². The molecule has 2 atom stereocenters. The zero-order valence-corrected chi connectivity index (χ0v) is 15.5. The number of aliphatic hydroxyl groups excluding tert-OH is 1. The zero-order chi connectivity index (χ0) is 19.8. The quantitative estimate of drug-likeness (QED) is 0.481. The minimum absolute atomic E-state index is 0.119. The van der Waals surface area contributed by atoms with Gasteiger partial charge in [-0.05, 0) is 35.9 Å². The molecule has 5 rings (SSSR count). The summed E-state index contributed by atoms with van der Waals surface area (Å²) in [6, 6.07) is 16.0. The number of aromatic amines is 1. The van der Waals surface area contributed by atoms with E-state index >= 15 is 0 Å². The molecule has 4 aromatic rings. The molecule has 0 radical (unpaired) electrons. The molecule has 0 aliphatic carbocycles. The number of para-hydroxylation sites is 2. The summed E-state index contributed by atoms with van der Waals surface area (Å²) >= 11 is 0. The zero-order valence-electron chi connectivity index (χ0n) is 15.5. The van der Waals surface area contributed by atoms with Crippen LogP contribution in [0.2, 0.25) is 0 Å². The average Bonchev–Trinajstić information content (AvgIpc) is 3.36. The smallest absolute Gasteiger partial charge is 0.165 e. The van der Waals surface area contributed by atoms with Gasteiger partial charge in [-0.3, -0.25) is 0 Å². The van der Waals surface area contributed by atoms with E-state index in [2.05, 4.69) is 20.3 Å². The molecule has 2 aromatic heterocycles. The Labute approximate surface area is 166 Å². The number of imidazole rings is 1. The Kier molecular flexibility index (Phi) is 4.37. The Bertz CT molecular complexity index is 1140. The highest BCUT2D eigenvalue weighted by Gasteiger charge is 2.30. The summed E-state index contributed by atoms with van der Waals surface area (Å²) in [7, 11) is 0. The van der Waals surface area contributed by atoms with Gasteiger partial charge >= 0.3 is 0 Å². The SMILES string of the molecule is OC(c1ccc(OCc2nc3ccccc3[nH]2)c(F)c1)C1CNc2ncccc21. The van der Waals surface area contributed by atoms with Crippen molar-refractivity contribution in [3.63, 3.8) is 0 Å². The molecule has 7 heteroatoms. The standard InChI is InChI=1S/C22H19FN4O2/c23-16-10-13(21(28)15-11-25-22-14(15)4-3-9-24-22)7-8-19(16)29-12-20-26-17-5-1-2-6-18(17)27-20/h1-10,15,21,28H,11-12H2,(H,24,25)(H,26,27). The van der Waals surface area contributed by atoms with Gasteiger partial charge in [-0.2, -0.15) is 0 Å². The third-order valence-corrected chi connectivity index (χ3v) is 5.21. The lowest BCUT2D eigenvalue weighted by Gasteiger charge is -2.19. The number of fused-ring (bicyclic) bond motifs is 2. The highest BCUT2D eigenvalue weighted by molar-refractivity contribution is 5.74. The first-order chi connectivity index (χ1) is 14.2. The maximum absolute atomic E-state index is 14.6. The van der Waals surface area contributed by atoms with Crippen molar-refractivity contribution >= 4 is 16.9 Å². The number of nitrogens with zero attached hydrogens (tertiary/aromatic N) is 2. The summed E-state index contributed by atoms with van der Waals surface area (Å²) < 4.78 is 20.2. The third-order valence-electron chi connectivity index (χ3n) is 5.21. The fourth-order valence-corrected chi connectivity index (χ4v) is 3.73. The average molecular weight is 390 g/mol. The maximum atomic E-state index is 14.6. The van der Waals surface area contributed by atoms with Crippen molar-refractivity contribution in [2.24, 2.45) is 0 Å². The molecular formula is C22H19FN4O2. The molecule has 6 nitrogen and oxygen atoms in total. The Balaban J connectivity index is 1.31. The van der Waals surface area contributed by atoms with E-state index in [4.69, 9.17) is 4.74 Å².